The number of nitrogens with one attached hydrogen (secondary N) is 1. The van der Waals surface area contributed by atoms with E-state index in [0.29, 0.717) is 12.5 Å². The first-order valence-electron chi connectivity index (χ1n) is 10.4. The molecule has 13 heteroatoms. The predicted octanol–water partition coefficient (Wildman–Crippen LogP) is 3.12. The fraction of sp³-hybridized carbons (Fsp3) is 0.524. The fourth-order valence-corrected chi connectivity index (χ4v) is 4.14. The molecule has 1 aromatic rings. The number of amides is 3. The number of ether oxygens (including phenoxy) is 3. The van der Waals surface area contributed by atoms with E-state index in [1.54, 1.807) is 0 Å². The van der Waals surface area contributed by atoms with E-state index < -0.39 is 72.7 Å². The van der Waals surface area contributed by atoms with Gasteiger partial charge in [0.15, 0.2) is 6.61 Å². The zero-order chi connectivity index (χ0) is 25.0. The number of alkyl halides is 4. The lowest BCUT2D eigenvalue weighted by Crippen LogP contribution is -2.54. The van der Waals surface area contributed by atoms with Crippen LogP contribution in [0, 0.1) is 5.92 Å². The molecule has 34 heavy (non-hydrogen) atoms. The largest absolute Gasteiger partial charge is 0.456 e. The van der Waals surface area contributed by atoms with Crippen LogP contribution in [0.15, 0.2) is 18.2 Å². The molecule has 2 atom stereocenters. The molecule has 1 saturated heterocycles. The van der Waals surface area contributed by atoms with E-state index in [4.69, 9.17) is 4.74 Å². The summed E-state index contributed by atoms with van der Waals surface area (Å²) in [6, 6.07) is 1.75. The molecule has 2 aliphatic rings. The molecule has 1 heterocycles. The topological polar surface area (TPSA) is 111 Å². The number of hydrogen-bond donors (Lipinski definition) is 1. The maximum absolute atomic E-state index is 12.9. The molecule has 0 bridgehead atoms. The minimum absolute atomic E-state index is 0.120. The van der Waals surface area contributed by atoms with Gasteiger partial charge in [0.1, 0.15) is 23.6 Å². The van der Waals surface area contributed by atoms with Gasteiger partial charge in [-0.15, -0.1) is 0 Å². The number of Topliss-reactive ketones (excluding diaryl/α,β-unsaturated/α-hetero) is 1. The molecule has 1 N–H and O–H groups in total. The number of benzene rings is 1. The lowest BCUT2D eigenvalue weighted by Gasteiger charge is -2.36. The first-order chi connectivity index (χ1) is 16.0. The third-order valence-electron chi connectivity index (χ3n) is 5.85. The van der Waals surface area contributed by atoms with Crippen molar-refractivity contribution in [3.05, 3.63) is 23.8 Å². The van der Waals surface area contributed by atoms with Gasteiger partial charge in [0, 0.05) is 6.07 Å². The van der Waals surface area contributed by atoms with Gasteiger partial charge in [0.25, 0.3) is 5.91 Å². The quantitative estimate of drug-likeness (QED) is 0.245. The van der Waals surface area contributed by atoms with Crippen LogP contribution in [-0.4, -0.2) is 60.5 Å². The van der Waals surface area contributed by atoms with Gasteiger partial charge < -0.3 is 19.5 Å². The number of esters is 1. The molecular weight excluding hydrogens is 468 g/mol. The van der Waals surface area contributed by atoms with Crippen LogP contribution in [0.25, 0.3) is 0 Å². The highest BCUT2D eigenvalue weighted by Gasteiger charge is 2.55. The van der Waals surface area contributed by atoms with Crippen LogP contribution in [0.2, 0.25) is 0 Å². The molecule has 2 fully saturated rings. The Balaban J connectivity index is 1.63. The van der Waals surface area contributed by atoms with Crippen molar-refractivity contribution in [3.8, 4) is 11.5 Å². The summed E-state index contributed by atoms with van der Waals surface area (Å²) in [4.78, 5) is 50.5. The summed E-state index contributed by atoms with van der Waals surface area (Å²) in [5.41, 5.74) is -1.55. The lowest BCUT2D eigenvalue weighted by molar-refractivity contribution is -0.147. The molecule has 0 unspecified atom stereocenters. The van der Waals surface area contributed by atoms with E-state index in [1.165, 1.54) is 0 Å². The third-order valence-corrected chi connectivity index (χ3v) is 5.85. The Bertz CT molecular complexity index is 974. The highest BCUT2D eigenvalue weighted by atomic mass is 19.3. The van der Waals surface area contributed by atoms with Gasteiger partial charge in [0.05, 0.1) is 5.56 Å². The number of carbonyl (C=O) groups is 4. The minimum atomic E-state index is -3.37. The molecule has 3 rings (SSSR count). The number of ketones is 1. The van der Waals surface area contributed by atoms with Gasteiger partial charge in [-0.25, -0.2) is 4.79 Å². The second-order valence-electron chi connectivity index (χ2n) is 7.94. The van der Waals surface area contributed by atoms with Crippen molar-refractivity contribution in [2.75, 3.05) is 13.2 Å². The Labute approximate surface area is 191 Å². The molecule has 9 nitrogen and oxygen atoms in total. The van der Waals surface area contributed by atoms with Gasteiger partial charge in [-0.05, 0) is 30.9 Å². The minimum Gasteiger partial charge on any atom is -0.456 e. The SMILES string of the molecule is C[C@H]1CCCC[C@@]12NC(=O)N(CC(=O)OCC(=O)c1ccc(OC(F)F)cc1OC(F)F)C2=O. The molecule has 1 aliphatic heterocycles. The number of halogens is 4. The summed E-state index contributed by atoms with van der Waals surface area (Å²) >= 11 is 0. The number of carbonyl (C=O) groups excluding carboxylic acids is 4. The smallest absolute Gasteiger partial charge is 0.387 e. The van der Waals surface area contributed by atoms with E-state index in [0.717, 1.165) is 36.3 Å². The number of rotatable bonds is 9. The number of imide groups is 1. The summed E-state index contributed by atoms with van der Waals surface area (Å²) in [5, 5.41) is 2.67. The fourth-order valence-electron chi connectivity index (χ4n) is 4.14. The van der Waals surface area contributed by atoms with E-state index in [9.17, 15) is 36.7 Å². The maximum atomic E-state index is 12.9. The third kappa shape index (κ3) is 5.39. The molecule has 186 valence electrons. The monoisotopic (exact) mass is 490 g/mol. The summed E-state index contributed by atoms with van der Waals surface area (Å²) in [6.45, 7) is -6.44. The summed E-state index contributed by atoms with van der Waals surface area (Å²) in [5.74, 6) is -4.01. The first-order valence-corrected chi connectivity index (χ1v) is 10.4. The highest BCUT2D eigenvalue weighted by molar-refractivity contribution is 6.09. The summed E-state index contributed by atoms with van der Waals surface area (Å²) in [6.07, 6.45) is 2.85. The van der Waals surface area contributed by atoms with Crippen molar-refractivity contribution in [3.63, 3.8) is 0 Å². The van der Waals surface area contributed by atoms with Crippen molar-refractivity contribution in [2.24, 2.45) is 5.92 Å². The Kier molecular flexibility index (Phi) is 7.62. The van der Waals surface area contributed by atoms with E-state index in [1.807, 2.05) is 6.92 Å². The zero-order valence-electron chi connectivity index (χ0n) is 18.0. The van der Waals surface area contributed by atoms with Crippen molar-refractivity contribution < 1.29 is 51.0 Å². The Morgan fingerprint density at radius 3 is 2.50 bits per heavy atom. The average Bonchev–Trinajstić information content (AvgIpc) is 2.98. The standard InChI is InChI=1S/C21H22F4N2O7/c1-11-4-2-3-7-21(11)17(30)27(20(31)26-21)9-16(29)32-10-14(28)13-6-5-12(33-18(22)23)8-15(13)34-19(24)25/h5-6,8,11,18-19H,2-4,7,9-10H2,1H3,(H,26,31)/t11-,21+/m0/s1. The van der Waals surface area contributed by atoms with Gasteiger partial charge in [-0.2, -0.15) is 17.6 Å². The Morgan fingerprint density at radius 2 is 1.85 bits per heavy atom. The highest BCUT2D eigenvalue weighted by Crippen LogP contribution is 2.38. The zero-order valence-corrected chi connectivity index (χ0v) is 18.0. The van der Waals surface area contributed by atoms with Crippen molar-refractivity contribution in [1.82, 2.24) is 10.2 Å². The molecule has 1 aliphatic carbocycles. The average molecular weight is 490 g/mol. The van der Waals surface area contributed by atoms with E-state index in [-0.39, 0.29) is 5.92 Å². The molecule has 0 radical (unpaired) electrons. The number of nitrogens with zero attached hydrogens (tertiary/aromatic N) is 1. The Morgan fingerprint density at radius 1 is 1.15 bits per heavy atom. The second-order valence-corrected chi connectivity index (χ2v) is 7.94. The van der Waals surface area contributed by atoms with Gasteiger partial charge in [-0.1, -0.05) is 19.8 Å². The van der Waals surface area contributed by atoms with Gasteiger partial charge in [-0.3, -0.25) is 19.3 Å². The Hall–Kier alpha value is -3.38. The van der Waals surface area contributed by atoms with Crippen LogP contribution in [0.3, 0.4) is 0 Å². The van der Waals surface area contributed by atoms with Crippen LogP contribution < -0.4 is 14.8 Å². The van der Waals surface area contributed by atoms with Crippen molar-refractivity contribution in [2.45, 2.75) is 51.4 Å². The van der Waals surface area contributed by atoms with Gasteiger partial charge in [0.2, 0.25) is 5.78 Å². The van der Waals surface area contributed by atoms with Crippen LogP contribution in [0.1, 0.15) is 43.0 Å². The van der Waals surface area contributed by atoms with Crippen LogP contribution in [-0.2, 0) is 14.3 Å². The molecular formula is C21H22F4N2O7. The molecule has 1 spiro atoms. The normalized spacial score (nSPS) is 22.3. The lowest BCUT2D eigenvalue weighted by atomic mass is 9.73. The van der Waals surface area contributed by atoms with Crippen molar-refractivity contribution in [1.29, 1.82) is 0 Å². The maximum Gasteiger partial charge on any atom is 0.387 e. The van der Waals surface area contributed by atoms with Crippen LogP contribution >= 0.6 is 0 Å². The van der Waals surface area contributed by atoms with E-state index >= 15 is 0 Å². The van der Waals surface area contributed by atoms with E-state index in [2.05, 4.69) is 14.8 Å². The molecule has 3 amide bonds. The number of urea groups is 1. The van der Waals surface area contributed by atoms with Crippen LogP contribution in [0.5, 0.6) is 11.5 Å². The predicted molar refractivity (Wildman–Crippen MR) is 106 cm³/mol. The first kappa shape index (κ1) is 25.2. The summed E-state index contributed by atoms with van der Waals surface area (Å²) < 4.78 is 63.1. The van der Waals surface area contributed by atoms with Crippen molar-refractivity contribution >= 4 is 23.7 Å². The summed E-state index contributed by atoms with van der Waals surface area (Å²) in [7, 11) is 0. The molecule has 1 aromatic carbocycles. The van der Waals surface area contributed by atoms with Crippen LogP contribution in [0.4, 0.5) is 22.4 Å². The van der Waals surface area contributed by atoms with Gasteiger partial charge >= 0.3 is 25.2 Å². The molecule has 1 saturated carbocycles. The number of hydrogen-bond acceptors (Lipinski definition) is 7. The second kappa shape index (κ2) is 10.3. The molecule has 0 aromatic heterocycles.